The van der Waals surface area contributed by atoms with Gasteiger partial charge in [-0.15, -0.1) is 0 Å². The number of sulfone groups is 1. The monoisotopic (exact) mass is 369 g/mol. The van der Waals surface area contributed by atoms with Crippen LogP contribution in [0.15, 0.2) is 24.3 Å². The lowest BCUT2D eigenvalue weighted by molar-refractivity contribution is -0.149. The van der Waals surface area contributed by atoms with Gasteiger partial charge in [0.2, 0.25) is 0 Å². The Kier molecular flexibility index (Phi) is 6.81. The molecule has 0 saturated carbocycles. The van der Waals surface area contributed by atoms with E-state index in [0.29, 0.717) is 19.4 Å². The van der Waals surface area contributed by atoms with Crippen molar-refractivity contribution in [3.05, 3.63) is 29.8 Å². The van der Waals surface area contributed by atoms with E-state index in [2.05, 4.69) is 5.32 Å². The maximum Gasteiger partial charge on any atom is 0.306 e. The molecule has 7 nitrogen and oxygen atoms in total. The minimum absolute atomic E-state index is 0.0210. The summed E-state index contributed by atoms with van der Waals surface area (Å²) >= 11 is 0. The highest BCUT2D eigenvalue weighted by molar-refractivity contribution is 7.91. The predicted molar refractivity (Wildman–Crippen MR) is 92.0 cm³/mol. The molecular formula is C17H23NO6S. The van der Waals surface area contributed by atoms with Crippen molar-refractivity contribution in [2.45, 2.75) is 19.3 Å². The first-order valence-corrected chi connectivity index (χ1v) is 9.96. The lowest BCUT2D eigenvalue weighted by Gasteiger charge is -2.10. The molecule has 1 amide bonds. The molecule has 138 valence electrons. The van der Waals surface area contributed by atoms with Crippen LogP contribution in [0.3, 0.4) is 0 Å². The zero-order valence-electron chi connectivity index (χ0n) is 14.2. The van der Waals surface area contributed by atoms with E-state index < -0.39 is 15.8 Å². The first-order chi connectivity index (χ1) is 11.9. The van der Waals surface area contributed by atoms with E-state index >= 15 is 0 Å². The molecule has 0 aliphatic carbocycles. The van der Waals surface area contributed by atoms with Crippen LogP contribution in [-0.2, 0) is 30.6 Å². The standard InChI is InChI=1S/C17H23NO6S/c1-23-15-5-3-2-4-14(15)6-8-18-16(19)11-24-17(20)10-13-7-9-25(21,22)12-13/h2-5,13H,6-12H2,1H3,(H,18,19)/t13-/m1/s1. The number of hydrogen-bond acceptors (Lipinski definition) is 6. The number of methoxy groups -OCH3 is 1. The Morgan fingerprint density at radius 2 is 2.04 bits per heavy atom. The van der Waals surface area contributed by atoms with E-state index in [1.54, 1.807) is 7.11 Å². The molecule has 1 aromatic carbocycles. The zero-order chi connectivity index (χ0) is 18.3. The Bertz CT molecular complexity index is 716. The van der Waals surface area contributed by atoms with E-state index in [-0.39, 0.29) is 36.4 Å². The molecule has 1 heterocycles. The third kappa shape index (κ3) is 6.38. The molecule has 8 heteroatoms. The van der Waals surface area contributed by atoms with Gasteiger partial charge in [0.15, 0.2) is 16.4 Å². The second kappa shape index (κ2) is 8.84. The van der Waals surface area contributed by atoms with Crippen LogP contribution in [0, 0.1) is 5.92 Å². The van der Waals surface area contributed by atoms with Crippen LogP contribution >= 0.6 is 0 Å². The summed E-state index contributed by atoms with van der Waals surface area (Å²) in [4.78, 5) is 23.4. The van der Waals surface area contributed by atoms with Crippen LogP contribution in [0.5, 0.6) is 5.75 Å². The minimum atomic E-state index is -3.01. The van der Waals surface area contributed by atoms with Gasteiger partial charge in [0.1, 0.15) is 5.75 Å². The highest BCUT2D eigenvalue weighted by Crippen LogP contribution is 2.21. The predicted octanol–water partition coefficient (Wildman–Crippen LogP) is 0.722. The molecule has 0 spiro atoms. The molecule has 0 unspecified atom stereocenters. The Morgan fingerprint density at radius 3 is 2.72 bits per heavy atom. The third-order valence-electron chi connectivity index (χ3n) is 4.06. The van der Waals surface area contributed by atoms with Gasteiger partial charge >= 0.3 is 5.97 Å². The average Bonchev–Trinajstić information content (AvgIpc) is 2.92. The van der Waals surface area contributed by atoms with Crippen molar-refractivity contribution in [1.82, 2.24) is 5.32 Å². The van der Waals surface area contributed by atoms with Crippen molar-refractivity contribution in [2.75, 3.05) is 31.8 Å². The first-order valence-electron chi connectivity index (χ1n) is 8.14. The maximum atomic E-state index is 11.7. The molecule has 2 rings (SSSR count). The summed E-state index contributed by atoms with van der Waals surface area (Å²) < 4.78 is 32.8. The SMILES string of the molecule is COc1ccccc1CCNC(=O)COC(=O)C[C@H]1CCS(=O)(=O)C1. The highest BCUT2D eigenvalue weighted by Gasteiger charge is 2.29. The van der Waals surface area contributed by atoms with Gasteiger partial charge in [-0.25, -0.2) is 8.42 Å². The van der Waals surface area contributed by atoms with Gasteiger partial charge in [-0.2, -0.15) is 0 Å². The number of carbonyl (C=O) groups is 2. The van der Waals surface area contributed by atoms with Crippen molar-refractivity contribution >= 4 is 21.7 Å². The van der Waals surface area contributed by atoms with Crippen molar-refractivity contribution in [3.8, 4) is 5.75 Å². The third-order valence-corrected chi connectivity index (χ3v) is 5.89. The summed E-state index contributed by atoms with van der Waals surface area (Å²) in [5.74, 6) is -0.230. The fourth-order valence-corrected chi connectivity index (χ4v) is 4.63. The minimum Gasteiger partial charge on any atom is -0.496 e. The van der Waals surface area contributed by atoms with E-state index in [4.69, 9.17) is 9.47 Å². The average molecular weight is 369 g/mol. The smallest absolute Gasteiger partial charge is 0.306 e. The second-order valence-corrected chi connectivity index (χ2v) is 8.27. The molecular weight excluding hydrogens is 346 g/mol. The largest absolute Gasteiger partial charge is 0.496 e. The van der Waals surface area contributed by atoms with Gasteiger partial charge in [0, 0.05) is 13.0 Å². The highest BCUT2D eigenvalue weighted by atomic mass is 32.2. The number of amides is 1. The van der Waals surface area contributed by atoms with Crippen LogP contribution in [-0.4, -0.2) is 52.1 Å². The number of rotatable bonds is 8. The summed E-state index contributed by atoms with van der Waals surface area (Å²) in [5, 5.41) is 2.68. The van der Waals surface area contributed by atoms with Crippen LogP contribution in [0.4, 0.5) is 0 Å². The summed E-state index contributed by atoms with van der Waals surface area (Å²) in [6, 6.07) is 7.53. The van der Waals surface area contributed by atoms with Gasteiger partial charge in [-0.1, -0.05) is 18.2 Å². The van der Waals surface area contributed by atoms with Gasteiger partial charge in [-0.05, 0) is 30.4 Å². The van der Waals surface area contributed by atoms with E-state index in [1.807, 2.05) is 24.3 Å². The number of carbonyl (C=O) groups excluding carboxylic acids is 2. The zero-order valence-corrected chi connectivity index (χ0v) is 15.0. The quantitative estimate of drug-likeness (QED) is 0.678. The molecule has 1 fully saturated rings. The molecule has 25 heavy (non-hydrogen) atoms. The van der Waals surface area contributed by atoms with Crippen LogP contribution in [0.25, 0.3) is 0 Å². The van der Waals surface area contributed by atoms with E-state index in [1.165, 1.54) is 0 Å². The Morgan fingerprint density at radius 1 is 1.28 bits per heavy atom. The van der Waals surface area contributed by atoms with Crippen LogP contribution in [0.1, 0.15) is 18.4 Å². The van der Waals surface area contributed by atoms with Gasteiger partial charge in [-0.3, -0.25) is 9.59 Å². The summed E-state index contributed by atoms with van der Waals surface area (Å²) in [7, 11) is -1.42. The van der Waals surface area contributed by atoms with Crippen molar-refractivity contribution in [1.29, 1.82) is 0 Å². The topological polar surface area (TPSA) is 98.8 Å². The molecule has 0 aromatic heterocycles. The summed E-state index contributed by atoms with van der Waals surface area (Å²) in [6.07, 6.45) is 1.11. The maximum absolute atomic E-state index is 11.7. The Hall–Kier alpha value is -2.09. The number of hydrogen-bond donors (Lipinski definition) is 1. The number of benzene rings is 1. The van der Waals surface area contributed by atoms with Crippen molar-refractivity contribution in [3.63, 3.8) is 0 Å². The number of ether oxygens (including phenoxy) is 2. The summed E-state index contributed by atoms with van der Waals surface area (Å²) in [5.41, 5.74) is 0.977. The molecule has 1 aliphatic heterocycles. The summed E-state index contributed by atoms with van der Waals surface area (Å²) in [6.45, 7) is 0.0435. The lowest BCUT2D eigenvalue weighted by Crippen LogP contribution is -2.30. The fourth-order valence-electron chi connectivity index (χ4n) is 2.77. The number of esters is 1. The molecule has 0 radical (unpaired) electrons. The lowest BCUT2D eigenvalue weighted by atomic mass is 10.1. The second-order valence-electron chi connectivity index (χ2n) is 6.05. The van der Waals surface area contributed by atoms with Gasteiger partial charge < -0.3 is 14.8 Å². The molecule has 0 bridgehead atoms. The van der Waals surface area contributed by atoms with Crippen LogP contribution in [0.2, 0.25) is 0 Å². The number of para-hydroxylation sites is 1. The molecule has 1 aromatic rings. The van der Waals surface area contributed by atoms with E-state index in [0.717, 1.165) is 11.3 Å². The fraction of sp³-hybridized carbons (Fsp3) is 0.529. The van der Waals surface area contributed by atoms with Crippen molar-refractivity contribution in [2.24, 2.45) is 5.92 Å². The molecule has 1 atom stereocenters. The van der Waals surface area contributed by atoms with Crippen LogP contribution < -0.4 is 10.1 Å². The van der Waals surface area contributed by atoms with Crippen molar-refractivity contribution < 1.29 is 27.5 Å². The Balaban J connectivity index is 1.64. The number of nitrogens with one attached hydrogen (secondary N) is 1. The van der Waals surface area contributed by atoms with Gasteiger partial charge in [0.25, 0.3) is 5.91 Å². The van der Waals surface area contributed by atoms with E-state index in [9.17, 15) is 18.0 Å². The van der Waals surface area contributed by atoms with Gasteiger partial charge in [0.05, 0.1) is 18.6 Å². The molecule has 1 N–H and O–H groups in total. The normalized spacial score (nSPS) is 18.5. The molecule has 1 aliphatic rings. The Labute approximate surface area is 147 Å². The first kappa shape index (κ1) is 19.2. The molecule has 1 saturated heterocycles.